The van der Waals surface area contributed by atoms with Gasteiger partial charge in [-0.1, -0.05) is 57.2 Å². The molecule has 1 aromatic heterocycles. The molecule has 0 aliphatic rings. The van der Waals surface area contributed by atoms with Crippen molar-refractivity contribution in [3.05, 3.63) is 84.4 Å². The second-order valence-electron chi connectivity index (χ2n) is 10.1. The number of carbonyl (C=O) groups excluding carboxylic acids is 1. The summed E-state index contributed by atoms with van der Waals surface area (Å²) in [5.41, 5.74) is 1.20. The molecule has 13 heteroatoms. The summed E-state index contributed by atoms with van der Waals surface area (Å²) in [4.78, 5) is 20.8. The van der Waals surface area contributed by atoms with Crippen LogP contribution in [0.15, 0.2) is 83.8 Å². The summed E-state index contributed by atoms with van der Waals surface area (Å²) in [6, 6.07) is 20.9. The number of carbonyl (C=O) groups is 1. The molecule has 0 saturated heterocycles. The van der Waals surface area contributed by atoms with Crippen molar-refractivity contribution in [3.8, 4) is 29.1 Å². The van der Waals surface area contributed by atoms with E-state index < -0.39 is 28.7 Å². The van der Waals surface area contributed by atoms with Gasteiger partial charge in [-0.2, -0.15) is 9.97 Å². The third kappa shape index (κ3) is 8.33. The van der Waals surface area contributed by atoms with Crippen LogP contribution in [-0.4, -0.2) is 49.9 Å². The maximum atomic E-state index is 13.5. The van der Waals surface area contributed by atoms with Crippen LogP contribution in [0, 0.1) is 0 Å². The number of aliphatic hydroxyl groups is 1. The monoisotopic (exact) mass is 608 g/mol. The van der Waals surface area contributed by atoms with Crippen molar-refractivity contribution in [1.29, 1.82) is 0 Å². The third-order valence-electron chi connectivity index (χ3n) is 5.87. The quantitative estimate of drug-likeness (QED) is 0.202. The van der Waals surface area contributed by atoms with Crippen LogP contribution in [0.5, 0.6) is 29.1 Å². The first-order valence-electron chi connectivity index (χ1n) is 13.1. The Morgan fingerprint density at radius 1 is 0.930 bits per heavy atom. The van der Waals surface area contributed by atoms with E-state index in [2.05, 4.69) is 20.0 Å². The van der Waals surface area contributed by atoms with Gasteiger partial charge in [0.2, 0.25) is 5.75 Å². The van der Waals surface area contributed by atoms with Gasteiger partial charge < -0.3 is 24.1 Å². The van der Waals surface area contributed by atoms with Gasteiger partial charge >= 0.3 is 12.1 Å². The molecule has 3 aromatic carbocycles. The number of sulfonamides is 1. The lowest BCUT2D eigenvalue weighted by Crippen LogP contribution is -2.20. The van der Waals surface area contributed by atoms with Gasteiger partial charge in [-0.05, 0) is 47.4 Å². The van der Waals surface area contributed by atoms with Crippen molar-refractivity contribution in [2.45, 2.75) is 31.1 Å². The average molecular weight is 609 g/mol. The van der Waals surface area contributed by atoms with E-state index in [1.165, 1.54) is 19.2 Å². The number of aromatic nitrogens is 2. The Balaban J connectivity index is 1.76. The number of ether oxygens (including phenoxy) is 4. The molecule has 226 valence electrons. The highest BCUT2D eigenvalue weighted by atomic mass is 32.2. The summed E-state index contributed by atoms with van der Waals surface area (Å²) < 4.78 is 51.5. The van der Waals surface area contributed by atoms with Gasteiger partial charge in [0.15, 0.2) is 5.82 Å². The van der Waals surface area contributed by atoms with Crippen molar-refractivity contribution in [1.82, 2.24) is 9.97 Å². The minimum atomic E-state index is -4.24. The predicted octanol–water partition coefficient (Wildman–Crippen LogP) is 5.36. The molecule has 1 heterocycles. The Bertz CT molecular complexity index is 1660. The lowest BCUT2D eigenvalue weighted by atomic mass is 9.87. The summed E-state index contributed by atoms with van der Waals surface area (Å²) in [6.45, 7) is 5.42. The van der Waals surface area contributed by atoms with Crippen LogP contribution >= 0.6 is 0 Å². The normalized spacial score (nSPS) is 11.4. The first-order valence-corrected chi connectivity index (χ1v) is 14.6. The number of nitrogens with one attached hydrogen (secondary N) is 2. The molecule has 43 heavy (non-hydrogen) atoms. The van der Waals surface area contributed by atoms with E-state index in [0.717, 1.165) is 5.56 Å². The van der Waals surface area contributed by atoms with Gasteiger partial charge in [-0.15, -0.1) is 0 Å². The number of aliphatic hydroxyl groups excluding tert-OH is 1. The van der Waals surface area contributed by atoms with Gasteiger partial charge in [-0.3, -0.25) is 10.0 Å². The first kappa shape index (κ1) is 31.1. The van der Waals surface area contributed by atoms with E-state index >= 15 is 0 Å². The summed E-state index contributed by atoms with van der Waals surface area (Å²) in [5, 5.41) is 11.9. The number of methoxy groups -OCH3 is 1. The van der Waals surface area contributed by atoms with Gasteiger partial charge in [0, 0.05) is 11.8 Å². The highest BCUT2D eigenvalue weighted by Gasteiger charge is 2.26. The number of amides is 1. The van der Waals surface area contributed by atoms with Crippen molar-refractivity contribution in [2.75, 3.05) is 30.4 Å². The Morgan fingerprint density at radius 3 is 2.28 bits per heavy atom. The van der Waals surface area contributed by atoms with Gasteiger partial charge in [0.05, 0.1) is 18.6 Å². The van der Waals surface area contributed by atoms with Gasteiger partial charge in [0.25, 0.3) is 15.9 Å². The molecule has 0 atom stereocenters. The Kier molecular flexibility index (Phi) is 9.68. The zero-order valence-electron chi connectivity index (χ0n) is 24.0. The number of hydrogen-bond acceptors (Lipinski definition) is 10. The fourth-order valence-electron chi connectivity index (χ4n) is 3.71. The molecule has 0 bridgehead atoms. The fraction of sp³-hybridized carbons (Fsp3) is 0.233. The van der Waals surface area contributed by atoms with E-state index in [9.17, 15) is 18.3 Å². The van der Waals surface area contributed by atoms with Crippen molar-refractivity contribution in [3.63, 3.8) is 0 Å². The summed E-state index contributed by atoms with van der Waals surface area (Å²) >= 11 is 0. The Hall–Kier alpha value is -4.88. The van der Waals surface area contributed by atoms with Gasteiger partial charge in [-0.25, -0.2) is 13.2 Å². The topological polar surface area (TPSA) is 158 Å². The Morgan fingerprint density at radius 2 is 1.63 bits per heavy atom. The minimum absolute atomic E-state index is 0.0476. The zero-order chi connectivity index (χ0) is 31.0. The molecule has 3 N–H and O–H groups in total. The van der Waals surface area contributed by atoms with Crippen molar-refractivity contribution in [2.24, 2.45) is 0 Å². The number of benzene rings is 3. The number of para-hydroxylation sites is 1. The van der Waals surface area contributed by atoms with Crippen LogP contribution in [0.25, 0.3) is 0 Å². The first-order chi connectivity index (χ1) is 20.5. The van der Waals surface area contributed by atoms with E-state index in [0.29, 0.717) is 11.4 Å². The highest BCUT2D eigenvalue weighted by molar-refractivity contribution is 7.92. The van der Waals surface area contributed by atoms with E-state index in [1.807, 2.05) is 20.8 Å². The van der Waals surface area contributed by atoms with Crippen LogP contribution in [-0.2, 0) is 15.4 Å². The molecule has 4 aromatic rings. The second kappa shape index (κ2) is 13.4. The number of hydrogen-bond donors (Lipinski definition) is 3. The Labute approximate surface area is 249 Å². The molecule has 12 nitrogen and oxygen atoms in total. The van der Waals surface area contributed by atoms with Crippen LogP contribution in [0.3, 0.4) is 0 Å². The van der Waals surface area contributed by atoms with Crippen LogP contribution < -0.4 is 29.0 Å². The predicted molar refractivity (Wildman–Crippen MR) is 160 cm³/mol. The molecule has 0 aliphatic carbocycles. The third-order valence-corrected chi connectivity index (χ3v) is 7.23. The van der Waals surface area contributed by atoms with Crippen LogP contribution in [0.1, 0.15) is 26.3 Å². The van der Waals surface area contributed by atoms with E-state index in [4.69, 9.17) is 18.9 Å². The minimum Gasteiger partial charge on any atom is -0.497 e. The van der Waals surface area contributed by atoms with Crippen LogP contribution in [0.2, 0.25) is 0 Å². The van der Waals surface area contributed by atoms with Crippen molar-refractivity contribution < 1.29 is 37.3 Å². The molecule has 4 rings (SSSR count). The van der Waals surface area contributed by atoms with Gasteiger partial charge in [0.1, 0.15) is 18.1 Å². The number of nitrogens with zero attached hydrogens (tertiary/aromatic N) is 2. The molecule has 0 fully saturated rings. The summed E-state index contributed by atoms with van der Waals surface area (Å²) in [5.74, 6) is -0.215. The maximum Gasteiger partial charge on any atom is 0.419 e. The largest absolute Gasteiger partial charge is 0.497 e. The van der Waals surface area contributed by atoms with E-state index in [-0.39, 0.29) is 40.1 Å². The molecule has 0 spiro atoms. The molecule has 1 amide bonds. The number of anilines is 2. The molecular formula is C30H32N4O8S. The fourth-order valence-corrected chi connectivity index (χ4v) is 4.71. The average Bonchev–Trinajstić information content (AvgIpc) is 2.97. The lowest BCUT2D eigenvalue weighted by Gasteiger charge is -2.19. The van der Waals surface area contributed by atoms with E-state index in [1.54, 1.807) is 66.7 Å². The SMILES string of the molecule is COc1cccc(Oc2c(NS(=O)(=O)c3ccc(C(C)(C)C)cc3)nc(OC(=O)Nc3ccccc3)nc2OCCO)c1. The molecule has 0 aliphatic heterocycles. The smallest absolute Gasteiger partial charge is 0.419 e. The molecular weight excluding hydrogens is 576 g/mol. The summed E-state index contributed by atoms with van der Waals surface area (Å²) in [6.07, 6.45) is -0.938. The zero-order valence-corrected chi connectivity index (χ0v) is 24.8. The standard InChI is InChI=1S/C30H32N4O8S/c1-30(2,3)20-13-15-24(16-14-20)43(37,38)34-26-25(41-23-12-8-11-22(19-23)39-4)27(40-18-17-35)33-28(32-26)42-29(36)31-21-9-6-5-7-10-21/h5-16,19,35H,17-18H2,1-4H3,(H,31,36)(H,32,33,34). The highest BCUT2D eigenvalue weighted by Crippen LogP contribution is 2.39. The lowest BCUT2D eigenvalue weighted by molar-refractivity contribution is 0.188. The van der Waals surface area contributed by atoms with Crippen LogP contribution in [0.4, 0.5) is 16.3 Å². The summed E-state index contributed by atoms with van der Waals surface area (Å²) in [7, 11) is -2.76. The molecule has 0 radical (unpaired) electrons. The van der Waals surface area contributed by atoms with Crippen molar-refractivity contribution >= 4 is 27.6 Å². The molecule has 0 unspecified atom stereocenters. The second-order valence-corrected chi connectivity index (χ2v) is 11.8. The molecule has 0 saturated carbocycles. The number of rotatable bonds is 11. The maximum absolute atomic E-state index is 13.5.